The molecule has 0 bridgehead atoms. The zero-order valence-corrected chi connectivity index (χ0v) is 23.5. The van der Waals surface area contributed by atoms with Gasteiger partial charge in [-0.1, -0.05) is 66.2 Å². The van der Waals surface area contributed by atoms with Crippen molar-refractivity contribution in [3.63, 3.8) is 0 Å². The molecule has 0 aromatic heterocycles. The van der Waals surface area contributed by atoms with Gasteiger partial charge in [0.05, 0.1) is 11.3 Å². The van der Waals surface area contributed by atoms with Crippen molar-refractivity contribution in [3.05, 3.63) is 143 Å². The molecule has 9 heteroatoms. The highest BCUT2D eigenvalue weighted by atomic mass is 35.5. The Morgan fingerprint density at radius 2 is 1.72 bits per heavy atom. The number of allylic oxidation sites excluding steroid dienone is 3. The van der Waals surface area contributed by atoms with Crippen molar-refractivity contribution in [2.75, 3.05) is 5.32 Å². The second-order valence-electron chi connectivity index (χ2n) is 9.95. The Balaban J connectivity index is 1.27. The molecule has 218 valence electrons. The van der Waals surface area contributed by atoms with E-state index in [1.807, 2.05) is 72.8 Å². The van der Waals surface area contributed by atoms with Crippen molar-refractivity contribution in [3.8, 4) is 11.5 Å². The van der Waals surface area contributed by atoms with Gasteiger partial charge in [-0.2, -0.15) is 0 Å². The number of hydrogen-bond acceptors (Lipinski definition) is 4. The van der Waals surface area contributed by atoms with Crippen LogP contribution in [0.1, 0.15) is 34.7 Å². The first-order chi connectivity index (χ1) is 20.8. The summed E-state index contributed by atoms with van der Waals surface area (Å²) < 4.78 is 33.2. The molecule has 1 aliphatic rings. The molecule has 1 amide bonds. The lowest BCUT2D eigenvalue weighted by atomic mass is 9.88. The normalized spacial score (nSPS) is 14.9. The molecule has 0 saturated carbocycles. The van der Waals surface area contributed by atoms with Crippen LogP contribution in [0.15, 0.2) is 115 Å². The number of hydrogen-bond donors (Lipinski definition) is 3. The Kier molecular flexibility index (Phi) is 9.17. The number of carbonyl (C=O) groups is 2. The van der Waals surface area contributed by atoms with Crippen molar-refractivity contribution in [2.45, 2.75) is 24.8 Å². The quantitative estimate of drug-likeness (QED) is 0.170. The van der Waals surface area contributed by atoms with Crippen LogP contribution in [0.3, 0.4) is 0 Å². The molecule has 0 fully saturated rings. The summed E-state index contributed by atoms with van der Waals surface area (Å²) in [5, 5.41) is 15.6. The molecule has 1 aliphatic carbocycles. The fourth-order valence-corrected chi connectivity index (χ4v) is 4.93. The number of carbonyl (C=O) groups excluding carboxylic acids is 1. The molecular formula is C34H27ClF2N2O4. The van der Waals surface area contributed by atoms with Crippen molar-refractivity contribution in [2.24, 2.45) is 0 Å². The van der Waals surface area contributed by atoms with Crippen LogP contribution in [0.25, 0.3) is 0 Å². The molecule has 3 N–H and O–H groups in total. The Morgan fingerprint density at radius 1 is 0.953 bits per heavy atom. The molecule has 0 saturated heterocycles. The third-order valence-corrected chi connectivity index (χ3v) is 7.17. The number of benzene rings is 4. The lowest BCUT2D eigenvalue weighted by Crippen LogP contribution is -2.41. The third-order valence-electron chi connectivity index (χ3n) is 6.93. The van der Waals surface area contributed by atoms with Gasteiger partial charge in [-0.05, 0) is 60.5 Å². The summed E-state index contributed by atoms with van der Waals surface area (Å²) >= 11 is 6.12. The van der Waals surface area contributed by atoms with Gasteiger partial charge in [-0.25, -0.2) is 13.6 Å². The van der Waals surface area contributed by atoms with E-state index in [1.165, 1.54) is 24.3 Å². The fraction of sp³-hybridized carbons (Fsp3) is 0.118. The highest BCUT2D eigenvalue weighted by molar-refractivity contribution is 6.31. The van der Waals surface area contributed by atoms with Crippen LogP contribution in [-0.2, 0) is 4.79 Å². The smallest absolute Gasteiger partial charge is 0.326 e. The lowest BCUT2D eigenvalue weighted by molar-refractivity contribution is -0.139. The maximum Gasteiger partial charge on any atom is 0.326 e. The Hall–Kier alpha value is -4.95. The number of amides is 1. The number of para-hydroxylation sites is 2. The van der Waals surface area contributed by atoms with Gasteiger partial charge in [-0.15, -0.1) is 0 Å². The van der Waals surface area contributed by atoms with E-state index in [2.05, 4.69) is 10.6 Å². The number of anilines is 2. The minimum Gasteiger partial charge on any atom is -0.480 e. The van der Waals surface area contributed by atoms with Crippen LogP contribution in [0.4, 0.5) is 20.2 Å². The monoisotopic (exact) mass is 600 g/mol. The van der Waals surface area contributed by atoms with Gasteiger partial charge >= 0.3 is 5.97 Å². The number of rotatable bonds is 10. The summed E-state index contributed by atoms with van der Waals surface area (Å²) in [6.45, 7) is 0. The van der Waals surface area contributed by atoms with E-state index < -0.39 is 29.6 Å². The molecule has 6 nitrogen and oxygen atoms in total. The van der Waals surface area contributed by atoms with Gasteiger partial charge in [0.25, 0.3) is 5.91 Å². The number of ether oxygens (including phenoxy) is 1. The SMILES string of the molecule is O=C(N[C@@H](CC1=CCC(c2ccccc2Oc2ccccc2)C=C1)C(=O)O)c1cc(Cl)ccc1Nc1ccc(F)c(F)c1. The number of halogens is 3. The molecular weight excluding hydrogens is 574 g/mol. The summed E-state index contributed by atoms with van der Waals surface area (Å²) in [5.74, 6) is -2.46. The van der Waals surface area contributed by atoms with Gasteiger partial charge in [-0.3, -0.25) is 4.79 Å². The van der Waals surface area contributed by atoms with Gasteiger partial charge < -0.3 is 20.5 Å². The molecule has 0 heterocycles. The number of carboxylic acids is 1. The highest BCUT2D eigenvalue weighted by Gasteiger charge is 2.25. The predicted molar refractivity (Wildman–Crippen MR) is 162 cm³/mol. The average molecular weight is 601 g/mol. The second-order valence-corrected chi connectivity index (χ2v) is 10.4. The van der Waals surface area contributed by atoms with Gasteiger partial charge in [0, 0.05) is 34.7 Å². The molecule has 0 radical (unpaired) electrons. The molecule has 1 unspecified atom stereocenters. The summed E-state index contributed by atoms with van der Waals surface area (Å²) in [6, 6.07) is 23.7. The number of carboxylic acid groups (broad SMARTS) is 1. The topological polar surface area (TPSA) is 87.7 Å². The molecule has 2 atom stereocenters. The Bertz CT molecular complexity index is 1710. The van der Waals surface area contributed by atoms with E-state index in [-0.39, 0.29) is 34.3 Å². The van der Waals surface area contributed by atoms with E-state index in [0.717, 1.165) is 34.8 Å². The molecule has 5 rings (SSSR count). The summed E-state index contributed by atoms with van der Waals surface area (Å²) in [4.78, 5) is 25.4. The Labute approximate surface area is 252 Å². The Morgan fingerprint density at radius 3 is 2.44 bits per heavy atom. The van der Waals surface area contributed by atoms with Crippen molar-refractivity contribution >= 4 is 34.9 Å². The van der Waals surface area contributed by atoms with E-state index >= 15 is 0 Å². The van der Waals surface area contributed by atoms with Crippen LogP contribution >= 0.6 is 11.6 Å². The van der Waals surface area contributed by atoms with Crippen LogP contribution in [0, 0.1) is 11.6 Å². The molecule has 4 aromatic carbocycles. The van der Waals surface area contributed by atoms with E-state index in [9.17, 15) is 23.5 Å². The van der Waals surface area contributed by atoms with Gasteiger partial charge in [0.1, 0.15) is 17.5 Å². The van der Waals surface area contributed by atoms with Crippen molar-refractivity contribution in [1.29, 1.82) is 0 Å². The highest BCUT2D eigenvalue weighted by Crippen LogP contribution is 2.36. The first kappa shape index (κ1) is 29.5. The van der Waals surface area contributed by atoms with Crippen LogP contribution in [0.5, 0.6) is 11.5 Å². The second kappa shape index (κ2) is 13.4. The van der Waals surface area contributed by atoms with Crippen LogP contribution < -0.4 is 15.4 Å². The first-order valence-electron chi connectivity index (χ1n) is 13.5. The average Bonchev–Trinajstić information content (AvgIpc) is 3.00. The number of nitrogens with one attached hydrogen (secondary N) is 2. The number of aliphatic carboxylic acids is 1. The van der Waals surface area contributed by atoms with Crippen molar-refractivity contribution < 1.29 is 28.2 Å². The summed E-state index contributed by atoms with van der Waals surface area (Å²) in [7, 11) is 0. The molecule has 0 spiro atoms. The zero-order chi connectivity index (χ0) is 30.3. The van der Waals surface area contributed by atoms with E-state index in [4.69, 9.17) is 16.3 Å². The van der Waals surface area contributed by atoms with Crippen LogP contribution in [0.2, 0.25) is 5.02 Å². The van der Waals surface area contributed by atoms with E-state index in [1.54, 1.807) is 0 Å². The molecule has 4 aromatic rings. The lowest BCUT2D eigenvalue weighted by Gasteiger charge is -2.22. The summed E-state index contributed by atoms with van der Waals surface area (Å²) in [5.41, 5.74) is 2.26. The molecule has 0 aliphatic heterocycles. The first-order valence-corrected chi connectivity index (χ1v) is 13.9. The van der Waals surface area contributed by atoms with Gasteiger partial charge in [0.15, 0.2) is 11.6 Å². The summed E-state index contributed by atoms with van der Waals surface area (Å²) in [6.07, 6.45) is 6.51. The minimum absolute atomic E-state index is 0.0259. The largest absolute Gasteiger partial charge is 0.480 e. The minimum atomic E-state index is -1.23. The fourth-order valence-electron chi connectivity index (χ4n) is 4.76. The van der Waals surface area contributed by atoms with E-state index in [0.29, 0.717) is 6.42 Å². The zero-order valence-electron chi connectivity index (χ0n) is 22.8. The van der Waals surface area contributed by atoms with Gasteiger partial charge in [0.2, 0.25) is 0 Å². The third kappa shape index (κ3) is 7.47. The van der Waals surface area contributed by atoms with Crippen LogP contribution in [-0.4, -0.2) is 23.0 Å². The molecule has 43 heavy (non-hydrogen) atoms. The predicted octanol–water partition coefficient (Wildman–Crippen LogP) is 8.40. The maximum atomic E-state index is 13.7. The van der Waals surface area contributed by atoms with Crippen molar-refractivity contribution in [1.82, 2.24) is 5.32 Å². The maximum absolute atomic E-state index is 13.7. The standard InChI is InChI=1S/C34H27ClF2N2O4/c35-23-14-17-30(38-24-15-16-28(36)29(37)20-24)27(19-23)33(40)39-31(34(41)42)18-21-10-12-22(13-11-21)26-8-4-5-9-32(26)43-25-6-2-1-3-7-25/h1-12,14-17,19-20,22,31,38H,13,18H2,(H,39,40)(H,41,42)/t22?,31-/m0/s1.